The average molecular weight is 819 g/mol. The molecule has 5 aromatic rings. The van der Waals surface area contributed by atoms with E-state index in [2.05, 4.69) is 63.9 Å². The number of hydrogen-bond donors (Lipinski definition) is 4. The smallest absolute Gasteiger partial charge is 0.407 e. The van der Waals surface area contributed by atoms with Crippen molar-refractivity contribution in [2.75, 3.05) is 14.2 Å². The lowest BCUT2D eigenvalue weighted by Crippen LogP contribution is -2.52. The van der Waals surface area contributed by atoms with Crippen LogP contribution in [0.4, 0.5) is 9.59 Å². The first-order chi connectivity index (χ1) is 28.9. The first-order valence-corrected chi connectivity index (χ1v) is 21.0. The minimum absolute atomic E-state index is 0.0151. The zero-order valence-electron chi connectivity index (χ0n) is 35.3. The highest BCUT2D eigenvalue weighted by atomic mass is 16.5. The number of methoxy groups -OCH3 is 2. The lowest BCUT2D eigenvalue weighted by Gasteiger charge is -2.32. The number of ether oxygens (including phenoxy) is 3. The number of rotatable bonds is 10. The number of likely N-dealkylation sites (tertiary alicyclic amines) is 2. The summed E-state index contributed by atoms with van der Waals surface area (Å²) >= 11 is 0. The molecule has 2 saturated heterocycles. The Bertz CT molecular complexity index is 2460. The molecule has 15 heteroatoms. The van der Waals surface area contributed by atoms with E-state index in [0.29, 0.717) is 18.9 Å². The summed E-state index contributed by atoms with van der Waals surface area (Å²) in [5, 5.41) is 7.41. The van der Waals surface area contributed by atoms with Crippen LogP contribution < -0.4 is 15.4 Å². The van der Waals surface area contributed by atoms with Crippen molar-refractivity contribution in [2.45, 2.75) is 116 Å². The molecule has 6 unspecified atom stereocenters. The Hall–Kier alpha value is -6.12. The van der Waals surface area contributed by atoms with Gasteiger partial charge in [-0.15, -0.1) is 0 Å². The van der Waals surface area contributed by atoms with Gasteiger partial charge in [0.2, 0.25) is 11.8 Å². The van der Waals surface area contributed by atoms with E-state index in [4.69, 9.17) is 24.2 Å². The van der Waals surface area contributed by atoms with Crippen molar-refractivity contribution in [1.29, 1.82) is 0 Å². The first kappa shape index (κ1) is 40.7. The van der Waals surface area contributed by atoms with Crippen molar-refractivity contribution in [3.05, 3.63) is 65.9 Å². The fourth-order valence-corrected chi connectivity index (χ4v) is 9.37. The maximum Gasteiger partial charge on any atom is 0.407 e. The number of benzene rings is 3. The third-order valence-corrected chi connectivity index (χ3v) is 12.6. The van der Waals surface area contributed by atoms with E-state index in [-0.39, 0.29) is 41.9 Å². The highest BCUT2D eigenvalue weighted by Crippen LogP contribution is 2.44. The van der Waals surface area contributed by atoms with Crippen LogP contribution in [0.25, 0.3) is 44.2 Å². The normalized spacial score (nSPS) is 20.7. The fourth-order valence-electron chi connectivity index (χ4n) is 9.37. The second kappa shape index (κ2) is 16.5. The van der Waals surface area contributed by atoms with Crippen LogP contribution in [0.5, 0.6) is 5.75 Å². The number of nitrogens with one attached hydrogen (secondary N) is 4. The highest BCUT2D eigenvalue weighted by molar-refractivity contribution is 6.07. The second-order valence-electron chi connectivity index (χ2n) is 16.5. The van der Waals surface area contributed by atoms with E-state index in [9.17, 15) is 19.2 Å². The van der Waals surface area contributed by atoms with Crippen LogP contribution in [0.2, 0.25) is 0 Å². The maximum atomic E-state index is 13.9. The Labute approximate surface area is 348 Å². The van der Waals surface area contributed by atoms with Gasteiger partial charge in [0, 0.05) is 23.0 Å². The molecule has 3 aromatic carbocycles. The molecule has 8 rings (SSSR count). The van der Waals surface area contributed by atoms with Crippen molar-refractivity contribution in [1.82, 2.24) is 40.4 Å². The summed E-state index contributed by atoms with van der Waals surface area (Å²) in [7, 11) is 2.59. The quantitative estimate of drug-likeness (QED) is 0.110. The number of carbonyl (C=O) groups excluding carboxylic acids is 4. The van der Waals surface area contributed by atoms with E-state index < -0.39 is 24.3 Å². The molecule has 3 aliphatic heterocycles. The van der Waals surface area contributed by atoms with Gasteiger partial charge in [0.1, 0.15) is 36.1 Å². The van der Waals surface area contributed by atoms with Crippen LogP contribution in [0.1, 0.15) is 102 Å². The Kier molecular flexibility index (Phi) is 11.2. The molecule has 2 aromatic heterocycles. The number of nitrogens with zero attached hydrogens (tertiary/aromatic N) is 4. The van der Waals surface area contributed by atoms with Crippen LogP contribution >= 0.6 is 0 Å². The molecule has 6 atom stereocenters. The van der Waals surface area contributed by atoms with E-state index >= 15 is 0 Å². The highest BCUT2D eigenvalue weighted by Gasteiger charge is 2.42. The lowest BCUT2D eigenvalue weighted by molar-refractivity contribution is -0.137. The minimum Gasteiger partial charge on any atom is -0.488 e. The number of imidazole rings is 2. The summed E-state index contributed by atoms with van der Waals surface area (Å²) < 4.78 is 16.0. The molecule has 60 heavy (non-hydrogen) atoms. The molecule has 0 saturated carbocycles. The third kappa shape index (κ3) is 7.27. The van der Waals surface area contributed by atoms with Crippen molar-refractivity contribution in [3.8, 4) is 28.1 Å². The van der Waals surface area contributed by atoms with Crippen molar-refractivity contribution < 1.29 is 33.4 Å². The molecule has 316 valence electrons. The predicted molar refractivity (Wildman–Crippen MR) is 226 cm³/mol. The summed E-state index contributed by atoms with van der Waals surface area (Å²) in [6.07, 6.45) is 4.99. The number of hydrogen-bond acceptors (Lipinski definition) is 9. The Balaban J connectivity index is 1.05. The number of alkyl carbamates (subject to hydrolysis) is 2. The van der Waals surface area contributed by atoms with Crippen molar-refractivity contribution in [2.24, 2.45) is 5.92 Å². The van der Waals surface area contributed by atoms with Gasteiger partial charge < -0.3 is 44.6 Å². The summed E-state index contributed by atoms with van der Waals surface area (Å²) in [6, 6.07) is 12.8. The minimum atomic E-state index is -0.718. The van der Waals surface area contributed by atoms with Crippen LogP contribution in [0.15, 0.2) is 48.7 Å². The van der Waals surface area contributed by atoms with Gasteiger partial charge in [0.05, 0.1) is 49.2 Å². The number of carbonyl (C=O) groups is 4. The first-order valence-electron chi connectivity index (χ1n) is 21.0. The van der Waals surface area contributed by atoms with Gasteiger partial charge in [-0.2, -0.15) is 0 Å². The monoisotopic (exact) mass is 818 g/mol. The number of aromatic amines is 2. The van der Waals surface area contributed by atoms with Gasteiger partial charge >= 0.3 is 12.2 Å². The lowest BCUT2D eigenvalue weighted by atomic mass is 9.92. The zero-order valence-corrected chi connectivity index (χ0v) is 35.3. The van der Waals surface area contributed by atoms with Crippen LogP contribution in [-0.4, -0.2) is 92.1 Å². The maximum absolute atomic E-state index is 13.9. The van der Waals surface area contributed by atoms with E-state index in [1.54, 1.807) is 0 Å². The van der Waals surface area contributed by atoms with Crippen molar-refractivity contribution in [3.63, 3.8) is 0 Å². The Morgan fingerprint density at radius 2 is 1.62 bits per heavy atom. The molecular weight excluding hydrogens is 765 g/mol. The molecule has 4 N–H and O–H groups in total. The number of aromatic nitrogens is 4. The van der Waals surface area contributed by atoms with Crippen LogP contribution in [0, 0.1) is 5.92 Å². The van der Waals surface area contributed by atoms with Gasteiger partial charge in [-0.05, 0) is 97.7 Å². The zero-order chi connectivity index (χ0) is 42.4. The second-order valence-corrected chi connectivity index (χ2v) is 16.5. The van der Waals surface area contributed by atoms with Gasteiger partial charge in [-0.3, -0.25) is 9.59 Å². The summed E-state index contributed by atoms with van der Waals surface area (Å²) in [5.41, 5.74) is 6.61. The Morgan fingerprint density at radius 3 is 2.35 bits per heavy atom. The molecule has 0 aliphatic carbocycles. The summed E-state index contributed by atoms with van der Waals surface area (Å²) in [5.74, 6) is 1.80. The number of fused-ring (bicyclic) bond motifs is 6. The predicted octanol–water partition coefficient (Wildman–Crippen LogP) is 7.67. The molecule has 3 aliphatic rings. The molecule has 15 nitrogen and oxygen atoms in total. The van der Waals surface area contributed by atoms with Gasteiger partial charge in [0.15, 0.2) is 0 Å². The summed E-state index contributed by atoms with van der Waals surface area (Å²) in [6.45, 7) is 10.2. The third-order valence-electron chi connectivity index (χ3n) is 12.6. The SMILES string of the molecule is CCC(NC(=O)OC)C(=O)N1C(CC)CCC1c1nc2c(ccc3cc4c(cc32)OCc2cc(-c3cnc(C5CCC(C)N5C(=O)C(NC(=O)OC)C(C)C)[nH]3)ccc2-4)[nH]1. The molecular formula is C45H54N8O7. The largest absolute Gasteiger partial charge is 0.488 e. The molecule has 5 heterocycles. The van der Waals surface area contributed by atoms with Crippen LogP contribution in [-0.2, 0) is 25.7 Å². The molecule has 2 fully saturated rings. The summed E-state index contributed by atoms with van der Waals surface area (Å²) in [4.78, 5) is 72.6. The van der Waals surface area contributed by atoms with Crippen LogP contribution in [0.3, 0.4) is 0 Å². The van der Waals surface area contributed by atoms with E-state index in [0.717, 1.165) is 93.4 Å². The van der Waals surface area contributed by atoms with E-state index in [1.807, 2.05) is 49.8 Å². The van der Waals surface area contributed by atoms with E-state index in [1.165, 1.54) is 14.2 Å². The number of H-pyrrole nitrogens is 2. The van der Waals surface area contributed by atoms with Crippen molar-refractivity contribution >= 4 is 45.8 Å². The standard InChI is InChI=1S/C45H54N8O7/c1-8-28-13-17-36(53(28)42(54)32(9-2)49-44(56)58-6)41-47-33-15-12-25-19-31-29-14-11-26(18-27(29)22-60-37(31)20-30(25)39(33)50-41)34-21-46-40(48-34)35-16-10-24(5)52(35)43(55)38(23(3)4)51-45(57)59-7/h11-12,14-15,18-21,23-24,28,32,35-36,38H,8-10,13,16-17,22H2,1-7H3,(H,46,48)(H,47,50)(H,49,56)(H,51,57). The molecule has 0 bridgehead atoms. The topological polar surface area (TPSA) is 184 Å². The van der Waals surface area contributed by atoms with Gasteiger partial charge in [-0.25, -0.2) is 19.6 Å². The Morgan fingerprint density at radius 1 is 0.867 bits per heavy atom. The van der Waals surface area contributed by atoms with Gasteiger partial charge in [0.25, 0.3) is 0 Å². The molecule has 0 radical (unpaired) electrons. The molecule has 4 amide bonds. The average Bonchev–Trinajstić information content (AvgIpc) is 4.08. The van der Waals surface area contributed by atoms with Gasteiger partial charge in [-0.1, -0.05) is 45.9 Å². The molecule has 0 spiro atoms. The fraction of sp³-hybridized carbons (Fsp3) is 0.467. The number of amides is 4.